The van der Waals surface area contributed by atoms with Gasteiger partial charge in [-0.25, -0.2) is 9.78 Å². The zero-order valence-electron chi connectivity index (χ0n) is 11.6. The number of benzene rings is 1. The van der Waals surface area contributed by atoms with Crippen molar-refractivity contribution in [2.24, 2.45) is 0 Å². The first-order valence-electron chi connectivity index (χ1n) is 6.31. The van der Waals surface area contributed by atoms with Gasteiger partial charge >= 0.3 is 5.97 Å². The minimum Gasteiger partial charge on any atom is -0.478 e. The first kappa shape index (κ1) is 13.0. The summed E-state index contributed by atoms with van der Waals surface area (Å²) in [4.78, 5) is 21.2. The lowest BCUT2D eigenvalue weighted by molar-refractivity contribution is 0.0697. The van der Waals surface area contributed by atoms with Gasteiger partial charge in [0.25, 0.3) is 5.78 Å². The van der Waals surface area contributed by atoms with Gasteiger partial charge in [0.1, 0.15) is 12.1 Å². The third-order valence-corrected chi connectivity index (χ3v) is 3.21. The fourth-order valence-corrected chi connectivity index (χ4v) is 2.11. The van der Waals surface area contributed by atoms with Gasteiger partial charge in [0.15, 0.2) is 0 Å². The Morgan fingerprint density at radius 2 is 2.00 bits per heavy atom. The molecule has 0 radical (unpaired) electrons. The number of rotatable bonds is 3. The first-order chi connectivity index (χ1) is 10.1. The number of hydrogen-bond acceptors (Lipinski definition) is 5. The van der Waals surface area contributed by atoms with E-state index in [0.717, 1.165) is 17.2 Å². The second kappa shape index (κ2) is 4.86. The topological polar surface area (TPSA) is 83.6 Å². The maximum Gasteiger partial charge on any atom is 0.335 e. The van der Waals surface area contributed by atoms with Gasteiger partial charge < -0.3 is 10.0 Å². The number of aromatic nitrogens is 4. The Bertz CT molecular complexity index is 810. The summed E-state index contributed by atoms with van der Waals surface area (Å²) in [5.41, 5.74) is 1.94. The van der Waals surface area contributed by atoms with E-state index in [-0.39, 0.29) is 5.56 Å². The summed E-state index contributed by atoms with van der Waals surface area (Å²) in [6.07, 6.45) is 1.45. The van der Waals surface area contributed by atoms with Crippen LogP contribution in [0, 0.1) is 6.92 Å². The quantitative estimate of drug-likeness (QED) is 0.790. The third kappa shape index (κ3) is 2.29. The minimum absolute atomic E-state index is 0.254. The van der Waals surface area contributed by atoms with Gasteiger partial charge in [-0.05, 0) is 31.2 Å². The Kier molecular flexibility index (Phi) is 3.02. The molecule has 0 aliphatic carbocycles. The Morgan fingerprint density at radius 1 is 1.29 bits per heavy atom. The number of carboxylic acids is 1. The van der Waals surface area contributed by atoms with Crippen molar-refractivity contribution in [2.45, 2.75) is 6.92 Å². The molecule has 0 aliphatic rings. The Morgan fingerprint density at radius 3 is 2.67 bits per heavy atom. The molecule has 3 rings (SSSR count). The maximum atomic E-state index is 10.9. The molecule has 1 N–H and O–H groups in total. The average Bonchev–Trinajstić information content (AvgIpc) is 2.93. The van der Waals surface area contributed by atoms with Crippen LogP contribution in [0.1, 0.15) is 16.1 Å². The third-order valence-electron chi connectivity index (χ3n) is 3.21. The van der Waals surface area contributed by atoms with Crippen LogP contribution in [0.5, 0.6) is 0 Å². The molecule has 7 nitrogen and oxygen atoms in total. The molecule has 0 bridgehead atoms. The van der Waals surface area contributed by atoms with Crippen molar-refractivity contribution in [1.82, 2.24) is 19.6 Å². The van der Waals surface area contributed by atoms with Gasteiger partial charge in [-0.15, -0.1) is 0 Å². The van der Waals surface area contributed by atoms with E-state index >= 15 is 0 Å². The van der Waals surface area contributed by atoms with Crippen molar-refractivity contribution in [3.8, 4) is 0 Å². The van der Waals surface area contributed by atoms with Gasteiger partial charge in [-0.2, -0.15) is 14.6 Å². The molecule has 2 aromatic heterocycles. The van der Waals surface area contributed by atoms with Crippen molar-refractivity contribution < 1.29 is 9.90 Å². The lowest BCUT2D eigenvalue weighted by Gasteiger charge is -2.20. The molecule has 3 aromatic rings. The van der Waals surface area contributed by atoms with Crippen LogP contribution < -0.4 is 4.90 Å². The summed E-state index contributed by atoms with van der Waals surface area (Å²) in [5, 5.41) is 13.1. The predicted molar refractivity (Wildman–Crippen MR) is 77.0 cm³/mol. The number of anilines is 2. The van der Waals surface area contributed by atoms with Crippen molar-refractivity contribution in [3.05, 3.63) is 47.9 Å². The van der Waals surface area contributed by atoms with E-state index in [1.54, 1.807) is 28.8 Å². The molecule has 7 heteroatoms. The van der Waals surface area contributed by atoms with Crippen molar-refractivity contribution in [3.63, 3.8) is 0 Å². The van der Waals surface area contributed by atoms with Gasteiger partial charge in [-0.1, -0.05) is 0 Å². The van der Waals surface area contributed by atoms with Gasteiger partial charge in [-0.3, -0.25) is 0 Å². The number of carbonyl (C=O) groups is 1. The summed E-state index contributed by atoms with van der Waals surface area (Å²) < 4.78 is 1.64. The Balaban J connectivity index is 2.05. The minimum atomic E-state index is -0.942. The van der Waals surface area contributed by atoms with Crippen LogP contribution in [0.3, 0.4) is 0 Å². The number of carboxylic acid groups (broad SMARTS) is 1. The van der Waals surface area contributed by atoms with Crippen LogP contribution in [0.25, 0.3) is 5.78 Å². The highest BCUT2D eigenvalue weighted by atomic mass is 16.4. The zero-order chi connectivity index (χ0) is 15.0. The first-order valence-corrected chi connectivity index (χ1v) is 6.31. The molecule has 2 heterocycles. The molecule has 0 amide bonds. The molecule has 0 aliphatic heterocycles. The van der Waals surface area contributed by atoms with E-state index in [4.69, 9.17) is 5.11 Å². The molecule has 0 spiro atoms. The number of hydrogen-bond donors (Lipinski definition) is 1. The normalized spacial score (nSPS) is 10.8. The van der Waals surface area contributed by atoms with Crippen LogP contribution in [0.4, 0.5) is 11.5 Å². The van der Waals surface area contributed by atoms with E-state index in [1.807, 2.05) is 24.9 Å². The molecule has 1 aromatic carbocycles. The van der Waals surface area contributed by atoms with Crippen molar-refractivity contribution in [1.29, 1.82) is 0 Å². The van der Waals surface area contributed by atoms with Crippen LogP contribution in [-0.4, -0.2) is 37.7 Å². The molecule has 106 valence electrons. The fraction of sp³-hybridized carbons (Fsp3) is 0.143. The Labute approximate surface area is 120 Å². The van der Waals surface area contributed by atoms with Crippen LogP contribution >= 0.6 is 0 Å². The summed E-state index contributed by atoms with van der Waals surface area (Å²) in [6, 6.07) is 8.54. The number of fused-ring (bicyclic) bond motifs is 1. The molecule has 0 atom stereocenters. The predicted octanol–water partition coefficient (Wildman–Crippen LogP) is 1.90. The van der Waals surface area contributed by atoms with Gasteiger partial charge in [0.2, 0.25) is 0 Å². The number of aryl methyl sites for hydroxylation is 1. The summed E-state index contributed by atoms with van der Waals surface area (Å²) in [6.45, 7) is 1.89. The molecule has 21 heavy (non-hydrogen) atoms. The molecule has 0 fully saturated rings. The average molecular weight is 283 g/mol. The molecular formula is C14H13N5O2. The van der Waals surface area contributed by atoms with E-state index in [9.17, 15) is 4.79 Å². The molecule has 0 saturated carbocycles. The summed E-state index contributed by atoms with van der Waals surface area (Å²) >= 11 is 0. The highest BCUT2D eigenvalue weighted by molar-refractivity contribution is 5.88. The SMILES string of the molecule is Cc1cc(N(C)c2ccc(C(=O)O)cc2)n2ncnc2n1. The standard InChI is InChI=1S/C14H13N5O2/c1-9-7-12(19-14(17-9)15-8-16-19)18(2)11-5-3-10(4-6-11)13(20)21/h3-8H,1-2H3,(H,20,21). The highest BCUT2D eigenvalue weighted by Crippen LogP contribution is 2.24. The summed E-state index contributed by atoms with van der Waals surface area (Å²) in [7, 11) is 1.88. The second-order valence-corrected chi connectivity index (χ2v) is 4.64. The molecule has 0 unspecified atom stereocenters. The lowest BCUT2D eigenvalue weighted by Crippen LogP contribution is -2.15. The largest absolute Gasteiger partial charge is 0.478 e. The smallest absolute Gasteiger partial charge is 0.335 e. The zero-order valence-corrected chi connectivity index (χ0v) is 11.6. The molecule has 0 saturated heterocycles. The van der Waals surface area contributed by atoms with E-state index in [2.05, 4.69) is 15.1 Å². The fourth-order valence-electron chi connectivity index (χ4n) is 2.11. The van der Waals surface area contributed by atoms with E-state index in [0.29, 0.717) is 5.78 Å². The monoisotopic (exact) mass is 283 g/mol. The molecular weight excluding hydrogens is 270 g/mol. The van der Waals surface area contributed by atoms with Gasteiger partial charge in [0, 0.05) is 24.5 Å². The van der Waals surface area contributed by atoms with Crippen molar-refractivity contribution in [2.75, 3.05) is 11.9 Å². The lowest BCUT2D eigenvalue weighted by atomic mass is 10.2. The summed E-state index contributed by atoms with van der Waals surface area (Å²) in [5.74, 6) is 0.389. The number of aromatic carboxylic acids is 1. The van der Waals surface area contributed by atoms with Crippen LogP contribution in [0.15, 0.2) is 36.7 Å². The van der Waals surface area contributed by atoms with Crippen molar-refractivity contribution >= 4 is 23.3 Å². The number of nitrogens with zero attached hydrogens (tertiary/aromatic N) is 5. The Hall–Kier alpha value is -2.96. The van der Waals surface area contributed by atoms with Crippen LogP contribution in [0.2, 0.25) is 0 Å². The van der Waals surface area contributed by atoms with E-state index < -0.39 is 5.97 Å². The highest BCUT2D eigenvalue weighted by Gasteiger charge is 2.12. The van der Waals surface area contributed by atoms with E-state index in [1.165, 1.54) is 6.33 Å². The van der Waals surface area contributed by atoms with Crippen LogP contribution in [-0.2, 0) is 0 Å². The van der Waals surface area contributed by atoms with Gasteiger partial charge in [0.05, 0.1) is 5.56 Å². The second-order valence-electron chi connectivity index (χ2n) is 4.64. The maximum absolute atomic E-state index is 10.9.